The molecule has 2 N–H and O–H groups in total. The minimum atomic E-state index is -0.937. The van der Waals surface area contributed by atoms with Crippen LogP contribution in [0.4, 0.5) is 9.93 Å². The highest BCUT2D eigenvalue weighted by Gasteiger charge is 2.57. The molecule has 4 rings (SSSR count). The molecular weight excluding hydrogens is 420 g/mol. The van der Waals surface area contributed by atoms with Gasteiger partial charge in [0.25, 0.3) is 5.91 Å². The van der Waals surface area contributed by atoms with Gasteiger partial charge in [0.1, 0.15) is 11.6 Å². The largest absolute Gasteiger partial charge is 0.464 e. The smallest absolute Gasteiger partial charge is 0.357 e. The maximum absolute atomic E-state index is 13.4. The van der Waals surface area contributed by atoms with Crippen molar-refractivity contribution < 1.29 is 23.9 Å². The van der Waals surface area contributed by atoms with Crippen molar-refractivity contribution in [1.29, 1.82) is 0 Å². The van der Waals surface area contributed by atoms with E-state index in [2.05, 4.69) is 20.4 Å². The molecular formula is C21H28N4O5S. The van der Waals surface area contributed by atoms with Crippen LogP contribution in [-0.4, -0.2) is 52.4 Å². The summed E-state index contributed by atoms with van der Waals surface area (Å²) < 4.78 is 4.67. The monoisotopic (exact) mass is 448 g/mol. The molecule has 0 unspecified atom stereocenters. The van der Waals surface area contributed by atoms with E-state index in [4.69, 9.17) is 0 Å². The number of imide groups is 1. The highest BCUT2D eigenvalue weighted by atomic mass is 32.1. The quantitative estimate of drug-likeness (QED) is 0.510. The van der Waals surface area contributed by atoms with Crippen molar-refractivity contribution in [3.63, 3.8) is 0 Å². The van der Waals surface area contributed by atoms with Crippen molar-refractivity contribution in [2.75, 3.05) is 12.4 Å². The number of thiazole rings is 1. The Hall–Kier alpha value is -2.49. The third kappa shape index (κ3) is 4.17. The van der Waals surface area contributed by atoms with E-state index in [1.807, 2.05) is 0 Å². The van der Waals surface area contributed by atoms with E-state index in [0.717, 1.165) is 49.9 Å². The average Bonchev–Trinajstić information content (AvgIpc) is 3.48. The number of carbonyl (C=O) groups excluding carboxylic acids is 4. The summed E-state index contributed by atoms with van der Waals surface area (Å²) in [5.41, 5.74) is -0.818. The summed E-state index contributed by atoms with van der Waals surface area (Å²) in [6.07, 6.45) is 8.82. The second-order valence-corrected chi connectivity index (χ2v) is 9.50. The predicted octanol–water partition coefficient (Wildman–Crippen LogP) is 3.07. The van der Waals surface area contributed by atoms with E-state index in [1.165, 1.54) is 23.8 Å². The molecule has 0 radical (unpaired) electrons. The number of amides is 4. The van der Waals surface area contributed by atoms with Gasteiger partial charge in [0.15, 0.2) is 10.8 Å². The summed E-state index contributed by atoms with van der Waals surface area (Å²) in [6.45, 7) is 0. The van der Waals surface area contributed by atoms with E-state index in [-0.39, 0.29) is 22.6 Å². The van der Waals surface area contributed by atoms with Crippen molar-refractivity contribution in [2.45, 2.75) is 75.8 Å². The molecule has 2 aliphatic carbocycles. The van der Waals surface area contributed by atoms with Gasteiger partial charge in [0, 0.05) is 5.38 Å². The second-order valence-electron chi connectivity index (χ2n) is 8.64. The number of anilines is 1. The van der Waals surface area contributed by atoms with E-state index in [0.29, 0.717) is 25.2 Å². The van der Waals surface area contributed by atoms with Crippen molar-refractivity contribution in [2.24, 2.45) is 5.92 Å². The Labute approximate surface area is 184 Å². The van der Waals surface area contributed by atoms with Crippen LogP contribution in [0.1, 0.15) is 74.7 Å². The third-order valence-electron chi connectivity index (χ3n) is 6.78. The number of rotatable bonds is 6. The molecule has 2 saturated carbocycles. The van der Waals surface area contributed by atoms with Gasteiger partial charge in [0.05, 0.1) is 7.11 Å². The van der Waals surface area contributed by atoms with Gasteiger partial charge >= 0.3 is 12.0 Å². The zero-order valence-corrected chi connectivity index (χ0v) is 18.5. The molecule has 1 aromatic rings. The van der Waals surface area contributed by atoms with Crippen molar-refractivity contribution >= 4 is 40.3 Å². The summed E-state index contributed by atoms with van der Waals surface area (Å²) in [4.78, 5) is 56.3. The molecule has 1 aliphatic heterocycles. The minimum Gasteiger partial charge on any atom is -0.464 e. The number of carbonyl (C=O) groups is 4. The number of methoxy groups -OCH3 is 1. The molecule has 31 heavy (non-hydrogen) atoms. The lowest BCUT2D eigenvalue weighted by atomic mass is 9.83. The van der Waals surface area contributed by atoms with Gasteiger partial charge in [-0.3, -0.25) is 19.8 Å². The summed E-state index contributed by atoms with van der Waals surface area (Å²) in [5, 5.41) is 7.02. The van der Waals surface area contributed by atoms with Gasteiger partial charge in [0.2, 0.25) is 5.91 Å². The van der Waals surface area contributed by atoms with Crippen LogP contribution in [0.3, 0.4) is 0 Å². The van der Waals surface area contributed by atoms with Crippen molar-refractivity contribution in [3.8, 4) is 0 Å². The lowest BCUT2D eigenvalue weighted by Gasteiger charge is -2.38. The molecule has 1 saturated heterocycles. The number of aromatic nitrogens is 1. The highest BCUT2D eigenvalue weighted by Crippen LogP contribution is 2.42. The summed E-state index contributed by atoms with van der Waals surface area (Å²) >= 11 is 1.12. The molecule has 0 bridgehead atoms. The number of nitrogens with zero attached hydrogens (tertiary/aromatic N) is 2. The number of urea groups is 1. The lowest BCUT2D eigenvalue weighted by Crippen LogP contribution is -2.56. The lowest BCUT2D eigenvalue weighted by molar-refractivity contribution is -0.130. The first-order chi connectivity index (χ1) is 14.9. The van der Waals surface area contributed by atoms with Crippen LogP contribution in [0, 0.1) is 5.92 Å². The first-order valence-corrected chi connectivity index (χ1v) is 11.8. The molecule has 2 heterocycles. The Kier molecular flexibility index (Phi) is 6.27. The van der Waals surface area contributed by atoms with Gasteiger partial charge in [-0.05, 0) is 25.2 Å². The highest BCUT2D eigenvalue weighted by molar-refractivity contribution is 7.14. The Morgan fingerprint density at radius 1 is 1.26 bits per heavy atom. The van der Waals surface area contributed by atoms with Crippen LogP contribution in [-0.2, 0) is 14.3 Å². The SMILES string of the molecule is COC(=O)c1csc(NC(=O)[C@H](CC2CCCCC2)N2C(=O)NC(=O)C23CCCC3)n1. The van der Waals surface area contributed by atoms with Crippen LogP contribution in [0.5, 0.6) is 0 Å². The Morgan fingerprint density at radius 3 is 2.65 bits per heavy atom. The molecule has 1 atom stereocenters. The molecule has 1 spiro atoms. The fourth-order valence-electron chi connectivity index (χ4n) is 5.23. The van der Waals surface area contributed by atoms with Crippen LogP contribution < -0.4 is 10.6 Å². The number of hydrogen-bond acceptors (Lipinski definition) is 7. The first kappa shape index (κ1) is 21.7. The number of nitrogens with one attached hydrogen (secondary N) is 2. The minimum absolute atomic E-state index is 0.119. The fourth-order valence-corrected chi connectivity index (χ4v) is 5.91. The molecule has 3 aliphatic rings. The zero-order chi connectivity index (χ0) is 22.0. The van der Waals surface area contributed by atoms with Gasteiger partial charge in [-0.25, -0.2) is 14.6 Å². The number of ether oxygens (including phenoxy) is 1. The van der Waals surface area contributed by atoms with E-state index in [1.54, 1.807) is 0 Å². The summed E-state index contributed by atoms with van der Waals surface area (Å²) in [6, 6.07) is -1.25. The van der Waals surface area contributed by atoms with E-state index >= 15 is 0 Å². The Bertz CT molecular complexity index is 873. The van der Waals surface area contributed by atoms with Gasteiger partial charge in [-0.2, -0.15) is 0 Å². The zero-order valence-electron chi connectivity index (χ0n) is 17.6. The normalized spacial score (nSPS) is 21.9. The third-order valence-corrected chi connectivity index (χ3v) is 7.54. The maximum Gasteiger partial charge on any atom is 0.357 e. The molecule has 4 amide bonds. The topological polar surface area (TPSA) is 118 Å². The molecule has 10 heteroatoms. The van der Waals surface area contributed by atoms with Crippen LogP contribution in [0.15, 0.2) is 5.38 Å². The fraction of sp³-hybridized carbons (Fsp3) is 0.667. The predicted molar refractivity (Wildman–Crippen MR) is 114 cm³/mol. The molecule has 0 aromatic carbocycles. The molecule has 168 valence electrons. The van der Waals surface area contributed by atoms with Crippen LogP contribution in [0.2, 0.25) is 0 Å². The number of esters is 1. The summed E-state index contributed by atoms with van der Waals surface area (Å²) in [5.74, 6) is -0.913. The standard InChI is InChI=1S/C21H28N4O5S/c1-30-17(27)14-12-31-19(22-14)23-16(26)15(11-13-7-3-2-4-8-13)25-20(29)24-18(28)21(25)9-5-6-10-21/h12-13,15H,2-11H2,1H3,(H,22,23,26)(H,24,28,29)/t15-/m0/s1. The van der Waals surface area contributed by atoms with Crippen molar-refractivity contribution in [1.82, 2.24) is 15.2 Å². The van der Waals surface area contributed by atoms with Crippen LogP contribution >= 0.6 is 11.3 Å². The summed E-state index contributed by atoms with van der Waals surface area (Å²) in [7, 11) is 1.27. The maximum atomic E-state index is 13.4. The Balaban J connectivity index is 1.60. The second kappa shape index (κ2) is 8.94. The van der Waals surface area contributed by atoms with Gasteiger partial charge in [-0.1, -0.05) is 44.9 Å². The molecule has 1 aromatic heterocycles. The van der Waals surface area contributed by atoms with Gasteiger partial charge < -0.3 is 10.1 Å². The van der Waals surface area contributed by atoms with Crippen molar-refractivity contribution in [3.05, 3.63) is 11.1 Å². The average molecular weight is 449 g/mol. The van der Waals surface area contributed by atoms with Gasteiger partial charge in [-0.15, -0.1) is 11.3 Å². The van der Waals surface area contributed by atoms with E-state index in [9.17, 15) is 19.2 Å². The Morgan fingerprint density at radius 2 is 1.97 bits per heavy atom. The number of hydrogen-bond donors (Lipinski definition) is 2. The first-order valence-electron chi connectivity index (χ1n) is 10.9. The van der Waals surface area contributed by atoms with E-state index < -0.39 is 23.6 Å². The molecule has 3 fully saturated rings. The molecule has 9 nitrogen and oxygen atoms in total. The van der Waals surface area contributed by atoms with Crippen LogP contribution in [0.25, 0.3) is 0 Å².